The van der Waals surface area contributed by atoms with Crippen LogP contribution in [-0.2, 0) is 0 Å². The molecule has 0 aliphatic carbocycles. The van der Waals surface area contributed by atoms with Crippen molar-refractivity contribution in [3.8, 4) is 5.75 Å². The molecule has 2 aromatic rings. The number of aromatic nitrogens is 2. The summed E-state index contributed by atoms with van der Waals surface area (Å²) in [5, 5.41) is 0. The standard InChI is InChI=1S/C13H17N3O/c1-16-6-5-9(8-16)13-14-11-4-3-10(17-2)7-12(11)15-13/h3-4,7,9H,5-6,8H2,1-2H3,(H,14,15)/t9-/m0/s1. The Bertz CT molecular complexity index is 534. The average molecular weight is 231 g/mol. The number of benzene rings is 1. The van der Waals surface area contributed by atoms with Crippen molar-refractivity contribution in [2.24, 2.45) is 0 Å². The van der Waals surface area contributed by atoms with Gasteiger partial charge in [0.05, 0.1) is 18.1 Å². The molecule has 1 aliphatic heterocycles. The van der Waals surface area contributed by atoms with Gasteiger partial charge >= 0.3 is 0 Å². The smallest absolute Gasteiger partial charge is 0.121 e. The number of H-pyrrole nitrogens is 1. The minimum atomic E-state index is 0.540. The van der Waals surface area contributed by atoms with Crippen molar-refractivity contribution in [3.05, 3.63) is 24.0 Å². The van der Waals surface area contributed by atoms with Crippen molar-refractivity contribution < 1.29 is 4.74 Å². The predicted molar refractivity (Wildman–Crippen MR) is 67.5 cm³/mol. The van der Waals surface area contributed by atoms with E-state index in [1.54, 1.807) is 7.11 Å². The topological polar surface area (TPSA) is 41.1 Å². The van der Waals surface area contributed by atoms with Gasteiger partial charge in [-0.3, -0.25) is 0 Å². The molecule has 0 unspecified atom stereocenters. The van der Waals surface area contributed by atoms with E-state index in [1.165, 1.54) is 6.42 Å². The Kier molecular flexibility index (Phi) is 2.52. The highest BCUT2D eigenvalue weighted by Gasteiger charge is 2.23. The Hall–Kier alpha value is -1.55. The zero-order valence-corrected chi connectivity index (χ0v) is 10.2. The van der Waals surface area contributed by atoms with E-state index < -0.39 is 0 Å². The molecule has 1 fully saturated rings. The monoisotopic (exact) mass is 231 g/mol. The lowest BCUT2D eigenvalue weighted by molar-refractivity contribution is 0.410. The van der Waals surface area contributed by atoms with Crippen LogP contribution in [-0.4, -0.2) is 42.1 Å². The highest BCUT2D eigenvalue weighted by atomic mass is 16.5. The largest absolute Gasteiger partial charge is 0.497 e. The third-order valence-corrected chi connectivity index (χ3v) is 3.49. The van der Waals surface area contributed by atoms with Gasteiger partial charge in [0.1, 0.15) is 11.6 Å². The first kappa shape index (κ1) is 10.6. The van der Waals surface area contributed by atoms with E-state index >= 15 is 0 Å². The molecule has 3 rings (SSSR count). The summed E-state index contributed by atoms with van der Waals surface area (Å²) in [5.41, 5.74) is 2.09. The lowest BCUT2D eigenvalue weighted by Crippen LogP contribution is -2.13. The molecular formula is C13H17N3O. The van der Waals surface area contributed by atoms with E-state index in [4.69, 9.17) is 4.74 Å². The highest BCUT2D eigenvalue weighted by molar-refractivity contribution is 5.76. The van der Waals surface area contributed by atoms with Gasteiger partial charge in [0, 0.05) is 18.5 Å². The number of hydrogen-bond donors (Lipinski definition) is 1. The van der Waals surface area contributed by atoms with Crippen LogP contribution in [0.15, 0.2) is 18.2 Å². The van der Waals surface area contributed by atoms with Gasteiger partial charge in [-0.25, -0.2) is 4.98 Å². The van der Waals surface area contributed by atoms with Crippen LogP contribution in [0.3, 0.4) is 0 Å². The second kappa shape index (κ2) is 4.04. The summed E-state index contributed by atoms with van der Waals surface area (Å²) in [6.45, 7) is 2.25. The van der Waals surface area contributed by atoms with E-state index in [0.717, 1.165) is 35.7 Å². The van der Waals surface area contributed by atoms with Crippen LogP contribution >= 0.6 is 0 Å². The van der Waals surface area contributed by atoms with Crippen LogP contribution in [0.25, 0.3) is 11.0 Å². The maximum Gasteiger partial charge on any atom is 0.121 e. The summed E-state index contributed by atoms with van der Waals surface area (Å²) in [5.74, 6) is 2.52. The number of ether oxygens (including phenoxy) is 1. The molecule has 1 saturated heterocycles. The normalized spacial score (nSPS) is 21.2. The number of fused-ring (bicyclic) bond motifs is 1. The molecule has 4 heteroatoms. The number of nitrogens with one attached hydrogen (secondary N) is 1. The summed E-state index contributed by atoms with van der Waals surface area (Å²) in [6, 6.07) is 5.96. The first-order valence-electron chi connectivity index (χ1n) is 5.98. The molecule has 0 radical (unpaired) electrons. The van der Waals surface area contributed by atoms with Crippen LogP contribution < -0.4 is 4.74 Å². The van der Waals surface area contributed by atoms with E-state index in [0.29, 0.717) is 5.92 Å². The Balaban J connectivity index is 1.96. The number of imidazole rings is 1. The first-order valence-corrected chi connectivity index (χ1v) is 5.98. The quantitative estimate of drug-likeness (QED) is 0.859. The maximum atomic E-state index is 5.22. The van der Waals surface area contributed by atoms with E-state index in [1.807, 2.05) is 18.2 Å². The van der Waals surface area contributed by atoms with Crippen LogP contribution in [0.1, 0.15) is 18.2 Å². The van der Waals surface area contributed by atoms with Gasteiger partial charge in [-0.2, -0.15) is 0 Å². The fourth-order valence-electron chi connectivity index (χ4n) is 2.49. The molecule has 1 aliphatic rings. The number of hydrogen-bond acceptors (Lipinski definition) is 3. The lowest BCUT2D eigenvalue weighted by atomic mass is 10.1. The van der Waals surface area contributed by atoms with Crippen molar-refractivity contribution in [2.75, 3.05) is 27.2 Å². The second-order valence-electron chi connectivity index (χ2n) is 4.75. The van der Waals surface area contributed by atoms with Gasteiger partial charge < -0.3 is 14.6 Å². The molecule has 1 N–H and O–H groups in total. The molecule has 0 spiro atoms. The van der Waals surface area contributed by atoms with Crippen LogP contribution in [0.5, 0.6) is 5.75 Å². The summed E-state index contributed by atoms with van der Waals surface area (Å²) in [6.07, 6.45) is 1.19. The molecule has 90 valence electrons. The SMILES string of the molecule is COc1ccc2nc([C@H]3CCN(C)C3)[nH]c2c1. The lowest BCUT2D eigenvalue weighted by Gasteiger charge is -2.06. The minimum absolute atomic E-state index is 0.540. The van der Waals surface area contributed by atoms with Crippen molar-refractivity contribution in [3.63, 3.8) is 0 Å². The van der Waals surface area contributed by atoms with E-state index in [2.05, 4.69) is 21.9 Å². The second-order valence-corrected chi connectivity index (χ2v) is 4.75. The molecule has 1 atom stereocenters. The first-order chi connectivity index (χ1) is 8.26. The van der Waals surface area contributed by atoms with Crippen LogP contribution in [0, 0.1) is 0 Å². The number of likely N-dealkylation sites (N-methyl/N-ethyl adjacent to an activating group) is 1. The van der Waals surface area contributed by atoms with Gasteiger partial charge in [-0.15, -0.1) is 0 Å². The number of rotatable bonds is 2. The Morgan fingerprint density at radius 1 is 1.47 bits per heavy atom. The molecule has 2 heterocycles. The number of methoxy groups -OCH3 is 1. The summed E-state index contributed by atoms with van der Waals surface area (Å²) >= 11 is 0. The molecule has 0 amide bonds. The van der Waals surface area contributed by atoms with Crippen LogP contribution in [0.2, 0.25) is 0 Å². The predicted octanol–water partition coefficient (Wildman–Crippen LogP) is 1.99. The molecule has 0 saturated carbocycles. The molecule has 1 aromatic heterocycles. The Morgan fingerprint density at radius 3 is 3.06 bits per heavy atom. The summed E-state index contributed by atoms with van der Waals surface area (Å²) < 4.78 is 5.22. The van der Waals surface area contributed by atoms with Gasteiger partial charge in [-0.05, 0) is 32.1 Å². The molecule has 17 heavy (non-hydrogen) atoms. The summed E-state index contributed by atoms with van der Waals surface area (Å²) in [7, 11) is 3.84. The van der Waals surface area contributed by atoms with Crippen LogP contribution in [0.4, 0.5) is 0 Å². The zero-order valence-electron chi connectivity index (χ0n) is 10.2. The van der Waals surface area contributed by atoms with Gasteiger partial charge in [-0.1, -0.05) is 0 Å². The number of nitrogens with zero attached hydrogens (tertiary/aromatic N) is 2. The van der Waals surface area contributed by atoms with Crippen molar-refractivity contribution in [2.45, 2.75) is 12.3 Å². The molecule has 4 nitrogen and oxygen atoms in total. The fraction of sp³-hybridized carbons (Fsp3) is 0.462. The maximum absolute atomic E-state index is 5.22. The number of aromatic amines is 1. The third kappa shape index (κ3) is 1.89. The Morgan fingerprint density at radius 2 is 2.35 bits per heavy atom. The van der Waals surface area contributed by atoms with Gasteiger partial charge in [0.2, 0.25) is 0 Å². The number of likely N-dealkylation sites (tertiary alicyclic amines) is 1. The third-order valence-electron chi connectivity index (χ3n) is 3.49. The molecular weight excluding hydrogens is 214 g/mol. The highest BCUT2D eigenvalue weighted by Crippen LogP contribution is 2.27. The fourth-order valence-corrected chi connectivity index (χ4v) is 2.49. The minimum Gasteiger partial charge on any atom is -0.497 e. The molecule has 0 bridgehead atoms. The Labute approximate surface area is 101 Å². The van der Waals surface area contributed by atoms with Gasteiger partial charge in [0.15, 0.2) is 0 Å². The van der Waals surface area contributed by atoms with Gasteiger partial charge in [0.25, 0.3) is 0 Å². The van der Waals surface area contributed by atoms with E-state index in [9.17, 15) is 0 Å². The van der Waals surface area contributed by atoms with Crippen molar-refractivity contribution in [1.82, 2.24) is 14.9 Å². The molecule has 1 aromatic carbocycles. The zero-order chi connectivity index (χ0) is 11.8. The van der Waals surface area contributed by atoms with E-state index in [-0.39, 0.29) is 0 Å². The average Bonchev–Trinajstić information content (AvgIpc) is 2.93. The van der Waals surface area contributed by atoms with Crippen molar-refractivity contribution in [1.29, 1.82) is 0 Å². The van der Waals surface area contributed by atoms with Crippen molar-refractivity contribution >= 4 is 11.0 Å². The summed E-state index contributed by atoms with van der Waals surface area (Å²) in [4.78, 5) is 10.4.